The molecule has 0 aliphatic carbocycles. The van der Waals surface area contributed by atoms with Gasteiger partial charge in [-0.15, -0.1) is 0 Å². The molecule has 2 aromatic carbocycles. The van der Waals surface area contributed by atoms with Gasteiger partial charge in [0.05, 0.1) is 11.7 Å². The number of aromatic nitrogens is 3. The first-order valence-corrected chi connectivity index (χ1v) is 8.39. The number of hydrogen-bond acceptors (Lipinski definition) is 3. The van der Waals surface area contributed by atoms with Crippen molar-refractivity contribution in [3.63, 3.8) is 0 Å². The van der Waals surface area contributed by atoms with Crippen molar-refractivity contribution in [1.29, 1.82) is 0 Å². The summed E-state index contributed by atoms with van der Waals surface area (Å²) in [4.78, 5) is 18.3. The molecule has 0 spiro atoms. The molecular weight excluding hydrogens is 359 g/mol. The second-order valence-electron chi connectivity index (χ2n) is 5.68. The molecule has 0 saturated carbocycles. The predicted octanol–water partition coefficient (Wildman–Crippen LogP) is 4.41. The van der Waals surface area contributed by atoms with Crippen LogP contribution in [-0.2, 0) is 0 Å². The van der Waals surface area contributed by atoms with E-state index in [0.717, 1.165) is 11.3 Å². The highest BCUT2D eigenvalue weighted by Crippen LogP contribution is 2.25. The zero-order valence-electron chi connectivity index (χ0n) is 13.7. The lowest BCUT2D eigenvalue weighted by Gasteiger charge is -2.25. The molecule has 1 atom stereocenters. The van der Waals surface area contributed by atoms with Gasteiger partial charge in [0.1, 0.15) is 12.7 Å². The van der Waals surface area contributed by atoms with Crippen LogP contribution >= 0.6 is 23.2 Å². The third kappa shape index (κ3) is 3.83. The minimum Gasteiger partial charge on any atom is -0.335 e. The van der Waals surface area contributed by atoms with Crippen molar-refractivity contribution in [1.82, 2.24) is 19.7 Å². The zero-order chi connectivity index (χ0) is 18.0. The van der Waals surface area contributed by atoms with E-state index in [1.807, 2.05) is 31.2 Å². The smallest absolute Gasteiger partial charge is 0.254 e. The van der Waals surface area contributed by atoms with Crippen molar-refractivity contribution in [3.8, 4) is 5.69 Å². The molecule has 1 heterocycles. The van der Waals surface area contributed by atoms with Crippen LogP contribution in [0.4, 0.5) is 0 Å². The van der Waals surface area contributed by atoms with E-state index in [1.54, 1.807) is 41.2 Å². The van der Waals surface area contributed by atoms with Crippen molar-refractivity contribution < 1.29 is 4.79 Å². The van der Waals surface area contributed by atoms with Crippen LogP contribution in [0.2, 0.25) is 10.0 Å². The molecule has 0 radical (unpaired) electrons. The summed E-state index contributed by atoms with van der Waals surface area (Å²) < 4.78 is 1.68. The molecule has 5 nitrogen and oxygen atoms in total. The second kappa shape index (κ2) is 7.25. The molecule has 0 fully saturated rings. The van der Waals surface area contributed by atoms with Gasteiger partial charge in [-0.2, -0.15) is 5.10 Å². The van der Waals surface area contributed by atoms with Gasteiger partial charge in [0.15, 0.2) is 0 Å². The van der Waals surface area contributed by atoms with Crippen molar-refractivity contribution in [2.45, 2.75) is 13.0 Å². The number of rotatable bonds is 4. The van der Waals surface area contributed by atoms with Crippen LogP contribution in [0.25, 0.3) is 5.69 Å². The van der Waals surface area contributed by atoms with Crippen LogP contribution in [0.15, 0.2) is 55.1 Å². The van der Waals surface area contributed by atoms with E-state index < -0.39 is 0 Å². The molecule has 0 aliphatic heterocycles. The SMILES string of the molecule is C[C@H](c1ccc(-n2cncn2)cc1)N(C)C(=O)c1cc(Cl)cc(Cl)c1. The molecule has 3 aromatic rings. The van der Waals surface area contributed by atoms with Crippen LogP contribution < -0.4 is 0 Å². The van der Waals surface area contributed by atoms with Gasteiger partial charge in [-0.1, -0.05) is 35.3 Å². The number of hydrogen-bond donors (Lipinski definition) is 0. The Morgan fingerprint density at radius 3 is 2.32 bits per heavy atom. The number of halogens is 2. The van der Waals surface area contributed by atoms with E-state index in [-0.39, 0.29) is 11.9 Å². The predicted molar refractivity (Wildman–Crippen MR) is 98.3 cm³/mol. The van der Waals surface area contributed by atoms with E-state index >= 15 is 0 Å². The Balaban J connectivity index is 1.79. The van der Waals surface area contributed by atoms with Crippen molar-refractivity contribution in [2.75, 3.05) is 7.05 Å². The molecule has 0 aliphatic rings. The van der Waals surface area contributed by atoms with Gasteiger partial charge in [0.2, 0.25) is 0 Å². The topological polar surface area (TPSA) is 51.0 Å². The Morgan fingerprint density at radius 1 is 1.12 bits per heavy atom. The van der Waals surface area contributed by atoms with Crippen LogP contribution in [0, 0.1) is 0 Å². The Labute approximate surface area is 155 Å². The zero-order valence-corrected chi connectivity index (χ0v) is 15.2. The van der Waals surface area contributed by atoms with Crippen molar-refractivity contribution >= 4 is 29.1 Å². The minimum absolute atomic E-state index is 0.116. The summed E-state index contributed by atoms with van der Waals surface area (Å²) in [5.41, 5.74) is 2.38. The van der Waals surface area contributed by atoms with Gasteiger partial charge in [0, 0.05) is 22.7 Å². The molecule has 0 unspecified atom stereocenters. The Kier molecular flexibility index (Phi) is 5.06. The monoisotopic (exact) mass is 374 g/mol. The standard InChI is InChI=1S/C18H16Cl2N4O/c1-12(13-3-5-17(6-4-13)24-11-21-10-22-24)23(2)18(25)14-7-15(19)9-16(20)8-14/h3-12H,1-2H3/t12-/m1/s1. The van der Waals surface area contributed by atoms with Gasteiger partial charge in [-0.3, -0.25) is 4.79 Å². The average molecular weight is 375 g/mol. The Hall–Kier alpha value is -2.37. The van der Waals surface area contributed by atoms with E-state index in [2.05, 4.69) is 10.1 Å². The molecular formula is C18H16Cl2N4O. The quantitative estimate of drug-likeness (QED) is 0.679. The summed E-state index contributed by atoms with van der Waals surface area (Å²) in [6, 6.07) is 12.5. The molecule has 3 rings (SSSR count). The maximum absolute atomic E-state index is 12.7. The highest BCUT2D eigenvalue weighted by atomic mass is 35.5. The summed E-state index contributed by atoms with van der Waals surface area (Å²) in [5, 5.41) is 4.97. The fourth-order valence-corrected chi connectivity index (χ4v) is 3.05. The number of carbonyl (C=O) groups is 1. The first-order chi connectivity index (χ1) is 12.0. The van der Waals surface area contributed by atoms with Gasteiger partial charge >= 0.3 is 0 Å². The molecule has 0 bridgehead atoms. The van der Waals surface area contributed by atoms with E-state index in [9.17, 15) is 4.79 Å². The number of benzene rings is 2. The lowest BCUT2D eigenvalue weighted by atomic mass is 10.1. The molecule has 7 heteroatoms. The van der Waals surface area contributed by atoms with E-state index in [1.165, 1.54) is 6.33 Å². The second-order valence-corrected chi connectivity index (χ2v) is 6.55. The van der Waals surface area contributed by atoms with Crippen LogP contribution in [-0.4, -0.2) is 32.6 Å². The third-order valence-electron chi connectivity index (χ3n) is 4.07. The molecule has 0 N–H and O–H groups in total. The van der Waals surface area contributed by atoms with Crippen molar-refractivity contribution in [2.24, 2.45) is 0 Å². The van der Waals surface area contributed by atoms with Crippen LogP contribution in [0.5, 0.6) is 0 Å². The van der Waals surface area contributed by atoms with Crippen molar-refractivity contribution in [3.05, 3.63) is 76.3 Å². The largest absolute Gasteiger partial charge is 0.335 e. The summed E-state index contributed by atoms with van der Waals surface area (Å²) >= 11 is 12.0. The van der Waals surface area contributed by atoms with Gasteiger partial charge in [-0.05, 0) is 42.8 Å². The Bertz CT molecular complexity index is 858. The van der Waals surface area contributed by atoms with Gasteiger partial charge in [0.25, 0.3) is 5.91 Å². The first-order valence-electron chi connectivity index (χ1n) is 7.64. The molecule has 0 saturated heterocycles. The lowest BCUT2D eigenvalue weighted by molar-refractivity contribution is 0.0742. The highest BCUT2D eigenvalue weighted by molar-refractivity contribution is 6.35. The molecule has 1 amide bonds. The average Bonchev–Trinajstić information content (AvgIpc) is 3.14. The number of carbonyl (C=O) groups excluding carboxylic acids is 1. The first kappa shape index (κ1) is 17.5. The van der Waals surface area contributed by atoms with Crippen LogP contribution in [0.3, 0.4) is 0 Å². The van der Waals surface area contributed by atoms with Gasteiger partial charge < -0.3 is 4.90 Å². The fraction of sp³-hybridized carbons (Fsp3) is 0.167. The Morgan fingerprint density at radius 2 is 1.76 bits per heavy atom. The van der Waals surface area contributed by atoms with E-state index in [4.69, 9.17) is 23.2 Å². The fourth-order valence-electron chi connectivity index (χ4n) is 2.53. The number of nitrogens with zero attached hydrogens (tertiary/aromatic N) is 4. The third-order valence-corrected chi connectivity index (χ3v) is 4.51. The van der Waals surface area contributed by atoms with Crippen LogP contribution in [0.1, 0.15) is 28.9 Å². The lowest BCUT2D eigenvalue weighted by Crippen LogP contribution is -2.29. The minimum atomic E-state index is -0.141. The summed E-state index contributed by atoms with van der Waals surface area (Å²) in [6.07, 6.45) is 3.12. The normalized spacial score (nSPS) is 12.0. The van der Waals surface area contributed by atoms with E-state index in [0.29, 0.717) is 15.6 Å². The maximum atomic E-state index is 12.7. The summed E-state index contributed by atoms with van der Waals surface area (Å²) in [6.45, 7) is 1.97. The summed E-state index contributed by atoms with van der Waals surface area (Å²) in [5.74, 6) is -0.141. The number of amides is 1. The molecule has 128 valence electrons. The maximum Gasteiger partial charge on any atom is 0.254 e. The summed E-state index contributed by atoms with van der Waals surface area (Å²) in [7, 11) is 1.76. The molecule has 25 heavy (non-hydrogen) atoms. The van der Waals surface area contributed by atoms with Gasteiger partial charge in [-0.25, -0.2) is 9.67 Å². The highest BCUT2D eigenvalue weighted by Gasteiger charge is 2.19. The molecule has 1 aromatic heterocycles.